The van der Waals surface area contributed by atoms with Gasteiger partial charge in [-0.15, -0.1) is 0 Å². The van der Waals surface area contributed by atoms with Crippen molar-refractivity contribution >= 4 is 12.0 Å². The van der Waals surface area contributed by atoms with Crippen molar-refractivity contribution in [3.8, 4) is 23.0 Å². The summed E-state index contributed by atoms with van der Waals surface area (Å²) in [6.07, 6.45) is 3.99. The van der Waals surface area contributed by atoms with Crippen LogP contribution in [-0.4, -0.2) is 52.8 Å². The summed E-state index contributed by atoms with van der Waals surface area (Å²) in [6.45, 7) is 0.582. The van der Waals surface area contributed by atoms with E-state index >= 15 is 0 Å². The van der Waals surface area contributed by atoms with Crippen molar-refractivity contribution in [2.45, 2.75) is 6.42 Å². The van der Waals surface area contributed by atoms with Crippen molar-refractivity contribution in [3.63, 3.8) is 0 Å². The molecular weight excluding hydrogens is 358 g/mol. The molecule has 28 heavy (non-hydrogen) atoms. The molecule has 0 atom stereocenters. The summed E-state index contributed by atoms with van der Waals surface area (Å²) in [5, 5.41) is 0. The molecule has 150 valence electrons. The van der Waals surface area contributed by atoms with Gasteiger partial charge in [0.1, 0.15) is 11.5 Å². The molecule has 1 amide bonds. The van der Waals surface area contributed by atoms with Crippen LogP contribution in [0.2, 0.25) is 0 Å². The van der Waals surface area contributed by atoms with Crippen molar-refractivity contribution in [3.05, 3.63) is 53.6 Å². The van der Waals surface area contributed by atoms with Crippen molar-refractivity contribution in [1.29, 1.82) is 0 Å². The van der Waals surface area contributed by atoms with E-state index < -0.39 is 0 Å². The Morgan fingerprint density at radius 1 is 0.893 bits per heavy atom. The van der Waals surface area contributed by atoms with Crippen LogP contribution in [-0.2, 0) is 11.2 Å². The number of likely N-dealkylation sites (N-methyl/N-ethyl adjacent to an activating group) is 1. The first-order valence-electron chi connectivity index (χ1n) is 8.88. The van der Waals surface area contributed by atoms with Gasteiger partial charge in [0.15, 0.2) is 11.5 Å². The summed E-state index contributed by atoms with van der Waals surface area (Å²) in [5.41, 5.74) is 1.88. The van der Waals surface area contributed by atoms with Gasteiger partial charge >= 0.3 is 0 Å². The third kappa shape index (κ3) is 5.42. The Labute approximate surface area is 166 Å². The lowest BCUT2D eigenvalue weighted by atomic mass is 10.1. The molecule has 0 saturated carbocycles. The third-order valence-corrected chi connectivity index (χ3v) is 4.41. The van der Waals surface area contributed by atoms with Gasteiger partial charge in [0.2, 0.25) is 5.91 Å². The number of nitrogens with zero attached hydrogens (tertiary/aromatic N) is 1. The molecule has 6 nitrogen and oxygen atoms in total. The molecule has 2 aromatic rings. The van der Waals surface area contributed by atoms with E-state index in [1.807, 2.05) is 30.3 Å². The van der Waals surface area contributed by atoms with Gasteiger partial charge in [-0.1, -0.05) is 6.07 Å². The maximum Gasteiger partial charge on any atom is 0.246 e. The molecule has 0 radical (unpaired) electrons. The van der Waals surface area contributed by atoms with Crippen LogP contribution in [0, 0.1) is 0 Å². The normalized spacial score (nSPS) is 10.6. The molecule has 6 heteroatoms. The molecule has 0 spiro atoms. The van der Waals surface area contributed by atoms with Gasteiger partial charge in [-0.3, -0.25) is 4.79 Å². The zero-order chi connectivity index (χ0) is 20.5. The molecule has 0 N–H and O–H groups in total. The first-order chi connectivity index (χ1) is 13.5. The Hall–Kier alpha value is -3.15. The monoisotopic (exact) mass is 385 g/mol. The SMILES string of the molecule is COc1ccc(/C=C/C(=O)N(C)CCc2ccc(OC)c(OC)c2)c(OC)c1. The lowest BCUT2D eigenvalue weighted by Crippen LogP contribution is -2.27. The topological polar surface area (TPSA) is 57.2 Å². The molecule has 0 heterocycles. The minimum Gasteiger partial charge on any atom is -0.497 e. The number of hydrogen-bond acceptors (Lipinski definition) is 5. The van der Waals surface area contributed by atoms with Crippen LogP contribution in [0.25, 0.3) is 6.08 Å². The largest absolute Gasteiger partial charge is 0.497 e. The standard InChI is InChI=1S/C22H27NO5/c1-23(13-12-16-6-10-19(26-3)21(14-16)28-5)22(24)11-8-17-7-9-18(25-2)15-20(17)27-4/h6-11,14-15H,12-13H2,1-5H3/b11-8+. The van der Waals surface area contributed by atoms with Crippen LogP contribution in [0.5, 0.6) is 23.0 Å². The van der Waals surface area contributed by atoms with Crippen molar-refractivity contribution < 1.29 is 23.7 Å². The van der Waals surface area contributed by atoms with Gasteiger partial charge < -0.3 is 23.8 Å². The Morgan fingerprint density at radius 3 is 2.25 bits per heavy atom. The van der Waals surface area contributed by atoms with Crippen LogP contribution in [0.3, 0.4) is 0 Å². The average molecular weight is 385 g/mol. The van der Waals surface area contributed by atoms with E-state index in [9.17, 15) is 4.79 Å². The molecule has 0 aromatic heterocycles. The zero-order valence-corrected chi connectivity index (χ0v) is 17.0. The predicted molar refractivity (Wildman–Crippen MR) is 109 cm³/mol. The molecule has 0 aliphatic rings. The van der Waals surface area contributed by atoms with Crippen LogP contribution in [0.4, 0.5) is 0 Å². The highest BCUT2D eigenvalue weighted by molar-refractivity contribution is 5.92. The fourth-order valence-corrected chi connectivity index (χ4v) is 2.69. The quantitative estimate of drug-likeness (QED) is 0.619. The summed E-state index contributed by atoms with van der Waals surface area (Å²) in [7, 11) is 8.17. The molecule has 2 aromatic carbocycles. The number of rotatable bonds is 9. The molecule has 0 aliphatic carbocycles. The summed E-state index contributed by atoms with van der Waals surface area (Å²) < 4.78 is 21.1. The third-order valence-electron chi connectivity index (χ3n) is 4.41. The molecule has 0 saturated heterocycles. The summed E-state index contributed by atoms with van der Waals surface area (Å²) in [5.74, 6) is 2.63. The van der Waals surface area contributed by atoms with Gasteiger partial charge in [0.05, 0.1) is 28.4 Å². The fraction of sp³-hybridized carbons (Fsp3) is 0.318. The first-order valence-corrected chi connectivity index (χ1v) is 8.88. The zero-order valence-electron chi connectivity index (χ0n) is 17.0. The Kier molecular flexibility index (Phi) is 7.75. The highest BCUT2D eigenvalue weighted by Gasteiger charge is 2.09. The summed E-state index contributed by atoms with van der Waals surface area (Å²) in [4.78, 5) is 14.1. The summed E-state index contributed by atoms with van der Waals surface area (Å²) >= 11 is 0. The first kappa shape index (κ1) is 21.2. The number of methoxy groups -OCH3 is 4. The smallest absolute Gasteiger partial charge is 0.246 e. The maximum absolute atomic E-state index is 12.4. The van der Waals surface area contributed by atoms with Crippen LogP contribution in [0.15, 0.2) is 42.5 Å². The molecule has 0 fully saturated rings. The van der Waals surface area contributed by atoms with Crippen molar-refractivity contribution in [2.24, 2.45) is 0 Å². The summed E-state index contributed by atoms with van der Waals surface area (Å²) in [6, 6.07) is 11.2. The maximum atomic E-state index is 12.4. The Bertz CT molecular complexity index is 832. The van der Waals surface area contributed by atoms with E-state index in [1.54, 1.807) is 58.6 Å². The van der Waals surface area contributed by atoms with Gasteiger partial charge in [-0.2, -0.15) is 0 Å². The second kappa shape index (κ2) is 10.3. The highest BCUT2D eigenvalue weighted by atomic mass is 16.5. The second-order valence-corrected chi connectivity index (χ2v) is 6.14. The lowest BCUT2D eigenvalue weighted by Gasteiger charge is -2.16. The minimum absolute atomic E-state index is 0.0849. The lowest BCUT2D eigenvalue weighted by molar-refractivity contribution is -0.124. The van der Waals surface area contributed by atoms with E-state index in [-0.39, 0.29) is 5.91 Å². The molecule has 0 aliphatic heterocycles. The number of carbonyl (C=O) groups excluding carboxylic acids is 1. The van der Waals surface area contributed by atoms with Crippen LogP contribution >= 0.6 is 0 Å². The fourth-order valence-electron chi connectivity index (χ4n) is 2.69. The van der Waals surface area contributed by atoms with Gasteiger partial charge in [0.25, 0.3) is 0 Å². The van der Waals surface area contributed by atoms with E-state index in [4.69, 9.17) is 18.9 Å². The van der Waals surface area contributed by atoms with Crippen molar-refractivity contribution in [1.82, 2.24) is 4.90 Å². The molecule has 0 unspecified atom stereocenters. The van der Waals surface area contributed by atoms with E-state index in [0.29, 0.717) is 36.0 Å². The molecule has 2 rings (SSSR count). The highest BCUT2D eigenvalue weighted by Crippen LogP contribution is 2.28. The number of ether oxygens (including phenoxy) is 4. The number of carbonyl (C=O) groups is 1. The van der Waals surface area contributed by atoms with Crippen molar-refractivity contribution in [2.75, 3.05) is 42.0 Å². The number of amides is 1. The van der Waals surface area contributed by atoms with Gasteiger partial charge in [-0.05, 0) is 42.3 Å². The predicted octanol–water partition coefficient (Wildman–Crippen LogP) is 3.44. The number of benzene rings is 2. The number of hydrogen-bond donors (Lipinski definition) is 0. The minimum atomic E-state index is -0.0849. The van der Waals surface area contributed by atoms with Crippen LogP contribution in [0.1, 0.15) is 11.1 Å². The van der Waals surface area contributed by atoms with Crippen LogP contribution < -0.4 is 18.9 Å². The molecular formula is C22H27NO5. The molecule has 0 bridgehead atoms. The van der Waals surface area contributed by atoms with E-state index in [1.165, 1.54) is 0 Å². The Morgan fingerprint density at radius 2 is 1.61 bits per heavy atom. The van der Waals surface area contributed by atoms with Gasteiger partial charge in [-0.25, -0.2) is 0 Å². The average Bonchev–Trinajstić information content (AvgIpc) is 2.75. The second-order valence-electron chi connectivity index (χ2n) is 6.14. The van der Waals surface area contributed by atoms with E-state index in [0.717, 1.165) is 11.1 Å². The van der Waals surface area contributed by atoms with Gasteiger partial charge in [0, 0.05) is 31.3 Å². The van der Waals surface area contributed by atoms with E-state index in [2.05, 4.69) is 0 Å². The Balaban J connectivity index is 1.98.